The average Bonchev–Trinajstić information content (AvgIpc) is 2.67. The van der Waals surface area contributed by atoms with E-state index in [2.05, 4.69) is 11.0 Å². The van der Waals surface area contributed by atoms with Gasteiger partial charge in [0.25, 0.3) is 0 Å². The van der Waals surface area contributed by atoms with Crippen LogP contribution in [0.3, 0.4) is 0 Å². The highest BCUT2D eigenvalue weighted by Crippen LogP contribution is 2.10. The molecule has 2 rings (SSSR count). The topological polar surface area (TPSA) is 67.7 Å². The van der Waals surface area contributed by atoms with Gasteiger partial charge in [-0.15, -0.1) is 0 Å². The van der Waals surface area contributed by atoms with E-state index in [9.17, 15) is 9.59 Å². The summed E-state index contributed by atoms with van der Waals surface area (Å²) >= 11 is 0. The summed E-state index contributed by atoms with van der Waals surface area (Å²) in [5.74, 6) is 0.0789. The first-order chi connectivity index (χ1) is 12.6. The van der Waals surface area contributed by atoms with E-state index in [1.165, 1.54) is 6.08 Å². The Labute approximate surface area is 155 Å². The molecule has 0 unspecified atom stereocenters. The van der Waals surface area contributed by atoms with Crippen LogP contribution in [0.25, 0.3) is 6.08 Å². The smallest absolute Gasteiger partial charge is 0.246 e. The van der Waals surface area contributed by atoms with Crippen molar-refractivity contribution in [3.8, 4) is 6.07 Å². The summed E-state index contributed by atoms with van der Waals surface area (Å²) in [6.07, 6.45) is 3.21. The van der Waals surface area contributed by atoms with E-state index in [4.69, 9.17) is 5.26 Å². The van der Waals surface area contributed by atoms with Crippen LogP contribution in [0.4, 0.5) is 0 Å². The highest BCUT2D eigenvalue weighted by atomic mass is 16.2. The molecule has 0 saturated carbocycles. The maximum Gasteiger partial charge on any atom is 0.246 e. The van der Waals surface area contributed by atoms with Crippen molar-refractivity contribution in [3.05, 3.63) is 41.5 Å². The lowest BCUT2D eigenvalue weighted by atomic mass is 10.1. The van der Waals surface area contributed by atoms with E-state index in [0.717, 1.165) is 18.7 Å². The van der Waals surface area contributed by atoms with E-state index in [-0.39, 0.29) is 11.8 Å². The molecule has 26 heavy (non-hydrogen) atoms. The highest BCUT2D eigenvalue weighted by molar-refractivity contribution is 5.92. The Bertz CT molecular complexity index is 696. The van der Waals surface area contributed by atoms with Gasteiger partial charge in [0.2, 0.25) is 11.8 Å². The molecule has 1 saturated heterocycles. The highest BCUT2D eigenvalue weighted by Gasteiger charge is 2.22. The lowest BCUT2D eigenvalue weighted by Crippen LogP contribution is -2.51. The van der Waals surface area contributed by atoms with Crippen molar-refractivity contribution >= 4 is 17.9 Å². The number of piperazine rings is 1. The molecule has 0 aromatic heterocycles. The lowest BCUT2D eigenvalue weighted by Gasteiger charge is -2.34. The van der Waals surface area contributed by atoms with Gasteiger partial charge in [0.15, 0.2) is 0 Å². The predicted octanol–water partition coefficient (Wildman–Crippen LogP) is 1.58. The molecule has 0 N–H and O–H groups in total. The van der Waals surface area contributed by atoms with E-state index in [1.54, 1.807) is 23.1 Å². The van der Waals surface area contributed by atoms with Gasteiger partial charge in [-0.3, -0.25) is 14.5 Å². The van der Waals surface area contributed by atoms with Crippen molar-refractivity contribution < 1.29 is 9.59 Å². The fourth-order valence-electron chi connectivity index (χ4n) is 3.00. The average molecular weight is 354 g/mol. The minimum atomic E-state index is -0.0625. The summed E-state index contributed by atoms with van der Waals surface area (Å²) < 4.78 is 0. The van der Waals surface area contributed by atoms with Crippen LogP contribution in [0, 0.1) is 11.3 Å². The summed E-state index contributed by atoms with van der Waals surface area (Å²) in [5, 5.41) is 9.09. The molecule has 0 spiro atoms. The van der Waals surface area contributed by atoms with Crippen LogP contribution >= 0.6 is 0 Å². The van der Waals surface area contributed by atoms with Gasteiger partial charge in [0.1, 0.15) is 0 Å². The van der Waals surface area contributed by atoms with Crippen molar-refractivity contribution in [1.29, 1.82) is 5.26 Å². The zero-order valence-corrected chi connectivity index (χ0v) is 15.5. The number of hydrogen-bond donors (Lipinski definition) is 0. The van der Waals surface area contributed by atoms with Crippen molar-refractivity contribution in [1.82, 2.24) is 14.7 Å². The predicted molar refractivity (Wildman–Crippen MR) is 101 cm³/mol. The third-order valence-electron chi connectivity index (χ3n) is 4.65. The third-order valence-corrected chi connectivity index (χ3v) is 4.65. The standard InChI is InChI=1S/C20H26N4O2/c1-3-23(4-2)20(26)16-22-11-13-24(14-12-22)19(25)10-9-17-7-5-6-8-18(17)15-21/h5-10H,3-4,11-14,16H2,1-2H3/b10-9+. The molecule has 2 amide bonds. The van der Waals surface area contributed by atoms with Crippen LogP contribution in [0.1, 0.15) is 25.0 Å². The second-order valence-electron chi connectivity index (χ2n) is 6.20. The van der Waals surface area contributed by atoms with Crippen LogP contribution in [-0.4, -0.2) is 72.3 Å². The molecule has 0 radical (unpaired) electrons. The minimum Gasteiger partial charge on any atom is -0.342 e. The number of nitrogens with zero attached hydrogens (tertiary/aromatic N) is 4. The van der Waals surface area contributed by atoms with Gasteiger partial charge in [0, 0.05) is 45.3 Å². The molecule has 0 atom stereocenters. The molecule has 1 aliphatic rings. The number of hydrogen-bond acceptors (Lipinski definition) is 4. The maximum absolute atomic E-state index is 12.4. The summed E-state index contributed by atoms with van der Waals surface area (Å²) in [7, 11) is 0. The number of amides is 2. The zero-order valence-electron chi connectivity index (χ0n) is 15.5. The molecule has 0 aliphatic carbocycles. The van der Waals surface area contributed by atoms with Gasteiger partial charge in [0.05, 0.1) is 18.2 Å². The van der Waals surface area contributed by atoms with Crippen LogP contribution in [0.2, 0.25) is 0 Å². The Balaban J connectivity index is 1.86. The fraction of sp³-hybridized carbons (Fsp3) is 0.450. The van der Waals surface area contributed by atoms with Crippen molar-refractivity contribution in [3.63, 3.8) is 0 Å². The number of likely N-dealkylation sites (N-methyl/N-ethyl adjacent to an activating group) is 1. The largest absolute Gasteiger partial charge is 0.342 e. The minimum absolute atomic E-state index is 0.0625. The molecular weight excluding hydrogens is 328 g/mol. The number of nitriles is 1. The molecule has 1 aromatic rings. The first kappa shape index (κ1) is 19.7. The Hall–Kier alpha value is -2.65. The second kappa shape index (κ2) is 9.73. The van der Waals surface area contributed by atoms with Gasteiger partial charge in [-0.1, -0.05) is 18.2 Å². The summed E-state index contributed by atoms with van der Waals surface area (Å²) in [6.45, 7) is 8.43. The molecule has 1 heterocycles. The van der Waals surface area contributed by atoms with E-state index >= 15 is 0 Å². The number of carbonyl (C=O) groups is 2. The molecule has 1 aromatic carbocycles. The third kappa shape index (κ3) is 5.17. The number of carbonyl (C=O) groups excluding carboxylic acids is 2. The van der Waals surface area contributed by atoms with E-state index < -0.39 is 0 Å². The van der Waals surface area contributed by atoms with Crippen LogP contribution in [-0.2, 0) is 9.59 Å². The molecule has 1 aliphatic heterocycles. The Morgan fingerprint density at radius 3 is 2.42 bits per heavy atom. The molecule has 1 fully saturated rings. The molecule has 6 heteroatoms. The van der Waals surface area contributed by atoms with Gasteiger partial charge >= 0.3 is 0 Å². The van der Waals surface area contributed by atoms with E-state index in [0.29, 0.717) is 38.3 Å². The SMILES string of the molecule is CCN(CC)C(=O)CN1CCN(C(=O)/C=C/c2ccccc2C#N)CC1. The van der Waals surface area contributed by atoms with E-state index in [1.807, 2.05) is 30.9 Å². The molecular formula is C20H26N4O2. The fourth-order valence-corrected chi connectivity index (χ4v) is 3.00. The first-order valence-corrected chi connectivity index (χ1v) is 9.05. The normalized spacial score (nSPS) is 15.0. The van der Waals surface area contributed by atoms with Gasteiger partial charge in [-0.25, -0.2) is 0 Å². The maximum atomic E-state index is 12.4. The van der Waals surface area contributed by atoms with Gasteiger partial charge < -0.3 is 9.80 Å². The monoisotopic (exact) mass is 354 g/mol. The summed E-state index contributed by atoms with van der Waals surface area (Å²) in [6, 6.07) is 9.32. The van der Waals surface area contributed by atoms with Gasteiger partial charge in [-0.2, -0.15) is 5.26 Å². The Morgan fingerprint density at radius 1 is 1.15 bits per heavy atom. The lowest BCUT2D eigenvalue weighted by molar-refractivity contribution is -0.133. The van der Waals surface area contributed by atoms with Crippen molar-refractivity contribution in [2.75, 3.05) is 45.8 Å². The van der Waals surface area contributed by atoms with Crippen molar-refractivity contribution in [2.45, 2.75) is 13.8 Å². The second-order valence-corrected chi connectivity index (χ2v) is 6.20. The summed E-state index contributed by atoms with van der Waals surface area (Å²) in [5.41, 5.74) is 1.29. The Kier molecular flexibility index (Phi) is 7.37. The molecule has 0 bridgehead atoms. The van der Waals surface area contributed by atoms with Crippen LogP contribution in [0.5, 0.6) is 0 Å². The summed E-state index contributed by atoms with van der Waals surface area (Å²) in [4.78, 5) is 30.2. The Morgan fingerprint density at radius 2 is 1.81 bits per heavy atom. The molecule has 138 valence electrons. The van der Waals surface area contributed by atoms with Crippen LogP contribution in [0.15, 0.2) is 30.3 Å². The number of benzene rings is 1. The van der Waals surface area contributed by atoms with Crippen molar-refractivity contribution in [2.24, 2.45) is 0 Å². The quantitative estimate of drug-likeness (QED) is 0.728. The molecule has 6 nitrogen and oxygen atoms in total. The first-order valence-electron chi connectivity index (χ1n) is 9.05. The van der Waals surface area contributed by atoms with Gasteiger partial charge in [-0.05, 0) is 31.6 Å². The zero-order chi connectivity index (χ0) is 18.9. The number of rotatable bonds is 6. The van der Waals surface area contributed by atoms with Crippen LogP contribution < -0.4 is 0 Å².